The Kier molecular flexibility index (Phi) is 6.19. The lowest BCUT2D eigenvalue weighted by atomic mass is 10.0. The van der Waals surface area contributed by atoms with Crippen LogP contribution in [0.4, 0.5) is 0 Å². The van der Waals surface area contributed by atoms with Gasteiger partial charge >= 0.3 is 17.9 Å². The van der Waals surface area contributed by atoms with Crippen LogP contribution in [0.1, 0.15) is 26.7 Å². The Morgan fingerprint density at radius 3 is 1.88 bits per heavy atom. The van der Waals surface area contributed by atoms with Crippen molar-refractivity contribution < 1.29 is 29.7 Å². The molecule has 0 aromatic carbocycles. The zero-order chi connectivity index (χ0) is 13.6. The molecule has 7 nitrogen and oxygen atoms in total. The summed E-state index contributed by atoms with van der Waals surface area (Å²) in [6, 6.07) is -2.18. The molecule has 0 saturated carbocycles. The summed E-state index contributed by atoms with van der Waals surface area (Å²) >= 11 is 0. The van der Waals surface area contributed by atoms with Crippen molar-refractivity contribution in [1.82, 2.24) is 5.32 Å². The normalized spacial score (nSPS) is 14.3. The summed E-state index contributed by atoms with van der Waals surface area (Å²) < 4.78 is 0. The van der Waals surface area contributed by atoms with Crippen LogP contribution in [0.3, 0.4) is 0 Å². The van der Waals surface area contributed by atoms with Gasteiger partial charge in [0, 0.05) is 6.42 Å². The van der Waals surface area contributed by atoms with Crippen molar-refractivity contribution in [3.63, 3.8) is 0 Å². The third-order valence-electron chi connectivity index (χ3n) is 2.26. The molecule has 0 bridgehead atoms. The van der Waals surface area contributed by atoms with Gasteiger partial charge in [0.15, 0.2) is 0 Å². The van der Waals surface area contributed by atoms with Gasteiger partial charge in [-0.05, 0) is 12.3 Å². The van der Waals surface area contributed by atoms with Crippen molar-refractivity contribution >= 4 is 17.9 Å². The Labute approximate surface area is 98.4 Å². The highest BCUT2D eigenvalue weighted by molar-refractivity contribution is 5.78. The lowest BCUT2D eigenvalue weighted by molar-refractivity contribution is -0.143. The first-order valence-electron chi connectivity index (χ1n) is 5.19. The largest absolute Gasteiger partial charge is 0.481 e. The fraction of sp³-hybridized carbons (Fsp3) is 0.700. The van der Waals surface area contributed by atoms with Gasteiger partial charge in [0.25, 0.3) is 0 Å². The van der Waals surface area contributed by atoms with Gasteiger partial charge in [-0.3, -0.25) is 19.7 Å². The Balaban J connectivity index is 4.56. The first kappa shape index (κ1) is 15.4. The maximum Gasteiger partial charge on any atom is 0.320 e. The van der Waals surface area contributed by atoms with Crippen molar-refractivity contribution in [3.05, 3.63) is 0 Å². The zero-order valence-electron chi connectivity index (χ0n) is 9.71. The Morgan fingerprint density at radius 2 is 1.59 bits per heavy atom. The van der Waals surface area contributed by atoms with E-state index in [9.17, 15) is 14.4 Å². The molecule has 0 fully saturated rings. The Bertz CT molecular complexity index is 301. The molecule has 2 unspecified atom stereocenters. The molecule has 0 aromatic rings. The average molecular weight is 247 g/mol. The minimum Gasteiger partial charge on any atom is -0.481 e. The number of hydrogen-bond acceptors (Lipinski definition) is 4. The first-order valence-corrected chi connectivity index (χ1v) is 5.19. The molecule has 4 N–H and O–H groups in total. The van der Waals surface area contributed by atoms with E-state index in [1.807, 2.05) is 0 Å². The molecule has 0 rings (SSSR count). The highest BCUT2D eigenvalue weighted by atomic mass is 16.4. The fourth-order valence-electron chi connectivity index (χ4n) is 1.31. The molecule has 98 valence electrons. The standard InChI is InChI=1S/C10H17NO6/c1-5(2)8(10(16)17)11-6(9(14)15)3-4-7(12)13/h5-6,8,11H,3-4H2,1-2H3,(H,12,13)(H,14,15)(H,16,17). The van der Waals surface area contributed by atoms with E-state index < -0.39 is 30.0 Å². The van der Waals surface area contributed by atoms with Crippen LogP contribution in [0.2, 0.25) is 0 Å². The second-order valence-corrected chi connectivity index (χ2v) is 4.05. The van der Waals surface area contributed by atoms with Crippen molar-refractivity contribution in [2.75, 3.05) is 0 Å². The van der Waals surface area contributed by atoms with Crippen LogP contribution in [0.15, 0.2) is 0 Å². The second kappa shape index (κ2) is 6.85. The highest BCUT2D eigenvalue weighted by Gasteiger charge is 2.28. The van der Waals surface area contributed by atoms with Gasteiger partial charge in [0.05, 0.1) is 0 Å². The van der Waals surface area contributed by atoms with Crippen molar-refractivity contribution in [2.24, 2.45) is 5.92 Å². The molecular formula is C10H17NO6. The summed E-state index contributed by atoms with van der Waals surface area (Å²) in [7, 11) is 0. The monoisotopic (exact) mass is 247 g/mol. The van der Waals surface area contributed by atoms with Crippen LogP contribution in [-0.4, -0.2) is 45.3 Å². The van der Waals surface area contributed by atoms with E-state index in [2.05, 4.69) is 5.32 Å². The van der Waals surface area contributed by atoms with Crippen LogP contribution in [0, 0.1) is 5.92 Å². The summed E-state index contributed by atoms with van der Waals surface area (Å²) in [6.45, 7) is 3.28. The van der Waals surface area contributed by atoms with E-state index in [4.69, 9.17) is 15.3 Å². The summed E-state index contributed by atoms with van der Waals surface area (Å²) in [5.41, 5.74) is 0. The van der Waals surface area contributed by atoms with E-state index in [0.717, 1.165) is 0 Å². The van der Waals surface area contributed by atoms with Crippen LogP contribution >= 0.6 is 0 Å². The molecule has 0 saturated heterocycles. The maximum absolute atomic E-state index is 10.9. The summed E-state index contributed by atoms with van der Waals surface area (Å²) in [5.74, 6) is -3.81. The topological polar surface area (TPSA) is 124 Å². The van der Waals surface area contributed by atoms with Gasteiger partial charge in [-0.25, -0.2) is 0 Å². The smallest absolute Gasteiger partial charge is 0.320 e. The minimum absolute atomic E-state index is 0.152. The minimum atomic E-state index is -1.25. The van der Waals surface area contributed by atoms with Crippen LogP contribution in [0.25, 0.3) is 0 Å². The summed E-state index contributed by atoms with van der Waals surface area (Å²) in [4.78, 5) is 32.1. The average Bonchev–Trinajstić information content (AvgIpc) is 2.15. The number of carboxylic acid groups (broad SMARTS) is 3. The molecule has 0 aliphatic heterocycles. The molecule has 0 radical (unpaired) electrons. The first-order chi connectivity index (χ1) is 7.75. The van der Waals surface area contributed by atoms with Gasteiger partial charge in [0.1, 0.15) is 12.1 Å². The second-order valence-electron chi connectivity index (χ2n) is 4.05. The van der Waals surface area contributed by atoms with E-state index in [0.29, 0.717) is 0 Å². The molecular weight excluding hydrogens is 230 g/mol. The van der Waals surface area contributed by atoms with Gasteiger partial charge in [-0.1, -0.05) is 13.8 Å². The molecule has 17 heavy (non-hydrogen) atoms. The SMILES string of the molecule is CC(C)C(NC(CCC(=O)O)C(=O)O)C(=O)O. The van der Waals surface area contributed by atoms with Gasteiger partial charge in [-0.2, -0.15) is 0 Å². The third-order valence-corrected chi connectivity index (χ3v) is 2.26. The number of aliphatic carboxylic acids is 3. The van der Waals surface area contributed by atoms with Gasteiger partial charge < -0.3 is 15.3 Å². The molecule has 0 aliphatic rings. The number of carboxylic acids is 3. The Hall–Kier alpha value is -1.63. The molecule has 7 heteroatoms. The highest BCUT2D eigenvalue weighted by Crippen LogP contribution is 2.06. The molecule has 0 aromatic heterocycles. The molecule has 2 atom stereocenters. The molecule has 0 spiro atoms. The fourth-order valence-corrected chi connectivity index (χ4v) is 1.31. The van der Waals surface area contributed by atoms with Gasteiger partial charge in [0.2, 0.25) is 0 Å². The van der Waals surface area contributed by atoms with E-state index >= 15 is 0 Å². The molecule has 0 heterocycles. The summed E-state index contributed by atoms with van der Waals surface area (Å²) in [5, 5.41) is 28.6. The van der Waals surface area contributed by atoms with E-state index in [-0.39, 0.29) is 18.8 Å². The molecule has 0 amide bonds. The van der Waals surface area contributed by atoms with Crippen LogP contribution in [0.5, 0.6) is 0 Å². The number of nitrogens with one attached hydrogen (secondary N) is 1. The van der Waals surface area contributed by atoms with Crippen LogP contribution < -0.4 is 5.32 Å². The van der Waals surface area contributed by atoms with Gasteiger partial charge in [-0.15, -0.1) is 0 Å². The maximum atomic E-state index is 10.9. The number of rotatable bonds is 8. The predicted molar refractivity (Wildman–Crippen MR) is 57.7 cm³/mol. The van der Waals surface area contributed by atoms with Crippen LogP contribution in [-0.2, 0) is 14.4 Å². The Morgan fingerprint density at radius 1 is 1.06 bits per heavy atom. The lowest BCUT2D eigenvalue weighted by Gasteiger charge is -2.22. The summed E-state index contributed by atoms with van der Waals surface area (Å²) in [6.07, 6.45) is -0.477. The molecule has 0 aliphatic carbocycles. The number of carbonyl (C=O) groups is 3. The van der Waals surface area contributed by atoms with E-state index in [1.165, 1.54) is 0 Å². The quantitative estimate of drug-likeness (QED) is 0.476. The van der Waals surface area contributed by atoms with Crippen molar-refractivity contribution in [2.45, 2.75) is 38.8 Å². The van der Waals surface area contributed by atoms with Crippen molar-refractivity contribution in [3.8, 4) is 0 Å². The number of hydrogen-bond donors (Lipinski definition) is 4. The zero-order valence-corrected chi connectivity index (χ0v) is 9.71. The van der Waals surface area contributed by atoms with Crippen molar-refractivity contribution in [1.29, 1.82) is 0 Å². The third kappa shape index (κ3) is 5.86. The predicted octanol–water partition coefficient (Wildman–Crippen LogP) is 0.00320. The van der Waals surface area contributed by atoms with E-state index in [1.54, 1.807) is 13.8 Å². The lowest BCUT2D eigenvalue weighted by Crippen LogP contribution is -2.49.